The molecule has 1 radical (unpaired) electrons. The van der Waals surface area contributed by atoms with Crippen LogP contribution in [0.5, 0.6) is 0 Å². The standard InChI is InChI=1S/C12H17N2/c1-14(11-5-3-2-4-6-11)12-7-9-13-10-8-12/h2-6,12H,7-10H2,1H3. The third kappa shape index (κ3) is 2.07. The summed E-state index contributed by atoms with van der Waals surface area (Å²) in [6.45, 7) is 2.06. The summed E-state index contributed by atoms with van der Waals surface area (Å²) in [5, 5.41) is 4.38. The summed E-state index contributed by atoms with van der Waals surface area (Å²) >= 11 is 0. The molecule has 1 aliphatic rings. The summed E-state index contributed by atoms with van der Waals surface area (Å²) in [6.07, 6.45) is 2.40. The van der Waals surface area contributed by atoms with Crippen molar-refractivity contribution in [1.29, 1.82) is 0 Å². The van der Waals surface area contributed by atoms with E-state index in [1.165, 1.54) is 18.5 Å². The highest BCUT2D eigenvalue weighted by atomic mass is 15.1. The average molecular weight is 189 g/mol. The molecular weight excluding hydrogens is 172 g/mol. The van der Waals surface area contributed by atoms with Crippen LogP contribution in [0, 0.1) is 0 Å². The van der Waals surface area contributed by atoms with E-state index in [-0.39, 0.29) is 0 Å². The van der Waals surface area contributed by atoms with Crippen LogP contribution < -0.4 is 10.2 Å². The first-order chi connectivity index (χ1) is 6.88. The number of anilines is 1. The average Bonchev–Trinajstić information content (AvgIpc) is 2.30. The van der Waals surface area contributed by atoms with Gasteiger partial charge in [0.25, 0.3) is 0 Å². The van der Waals surface area contributed by atoms with E-state index in [4.69, 9.17) is 0 Å². The van der Waals surface area contributed by atoms with Gasteiger partial charge in [-0.1, -0.05) is 18.2 Å². The summed E-state index contributed by atoms with van der Waals surface area (Å²) < 4.78 is 0. The molecule has 0 bridgehead atoms. The van der Waals surface area contributed by atoms with Crippen LogP contribution in [0.3, 0.4) is 0 Å². The van der Waals surface area contributed by atoms with Gasteiger partial charge in [-0.3, -0.25) is 0 Å². The van der Waals surface area contributed by atoms with Gasteiger partial charge >= 0.3 is 0 Å². The van der Waals surface area contributed by atoms with Crippen LogP contribution in [0.25, 0.3) is 0 Å². The number of hydrogen-bond donors (Lipinski definition) is 0. The van der Waals surface area contributed by atoms with E-state index < -0.39 is 0 Å². The molecule has 2 heteroatoms. The largest absolute Gasteiger partial charge is 0.372 e. The second-order valence-electron chi connectivity index (χ2n) is 3.85. The van der Waals surface area contributed by atoms with Crippen LogP contribution in [0.1, 0.15) is 12.8 Å². The molecule has 0 aromatic heterocycles. The number of para-hydroxylation sites is 1. The lowest BCUT2D eigenvalue weighted by molar-refractivity contribution is 0.437. The first kappa shape index (κ1) is 9.53. The van der Waals surface area contributed by atoms with Crippen molar-refractivity contribution in [3.63, 3.8) is 0 Å². The normalized spacial score (nSPS) is 18.1. The number of nitrogens with zero attached hydrogens (tertiary/aromatic N) is 2. The van der Waals surface area contributed by atoms with Gasteiger partial charge in [-0.2, -0.15) is 0 Å². The van der Waals surface area contributed by atoms with Crippen LogP contribution >= 0.6 is 0 Å². The molecular formula is C12H17N2. The van der Waals surface area contributed by atoms with Crippen LogP contribution in [0.15, 0.2) is 30.3 Å². The highest BCUT2D eigenvalue weighted by molar-refractivity contribution is 5.46. The zero-order valence-corrected chi connectivity index (χ0v) is 8.69. The molecule has 0 aliphatic carbocycles. The first-order valence-corrected chi connectivity index (χ1v) is 5.29. The molecule has 1 aliphatic heterocycles. The van der Waals surface area contributed by atoms with Gasteiger partial charge in [-0.25, -0.2) is 5.32 Å². The summed E-state index contributed by atoms with van der Waals surface area (Å²) in [5.41, 5.74) is 1.32. The van der Waals surface area contributed by atoms with Crippen molar-refractivity contribution < 1.29 is 0 Å². The van der Waals surface area contributed by atoms with Crippen molar-refractivity contribution in [2.45, 2.75) is 18.9 Å². The molecule has 0 spiro atoms. The first-order valence-electron chi connectivity index (χ1n) is 5.29. The van der Waals surface area contributed by atoms with Crippen LogP contribution in [0.2, 0.25) is 0 Å². The monoisotopic (exact) mass is 189 g/mol. The predicted octanol–water partition coefficient (Wildman–Crippen LogP) is 1.89. The molecule has 14 heavy (non-hydrogen) atoms. The minimum atomic E-state index is 0.676. The minimum absolute atomic E-state index is 0.676. The second kappa shape index (κ2) is 4.47. The molecule has 75 valence electrons. The smallest absolute Gasteiger partial charge is 0.0366 e. The van der Waals surface area contributed by atoms with E-state index in [2.05, 4.69) is 47.6 Å². The summed E-state index contributed by atoms with van der Waals surface area (Å²) in [4.78, 5) is 2.38. The van der Waals surface area contributed by atoms with Crippen molar-refractivity contribution >= 4 is 5.69 Å². The molecule has 0 N–H and O–H groups in total. The van der Waals surface area contributed by atoms with Gasteiger partial charge < -0.3 is 4.90 Å². The Balaban J connectivity index is 2.03. The zero-order valence-electron chi connectivity index (χ0n) is 8.69. The molecule has 1 fully saturated rings. The van der Waals surface area contributed by atoms with Gasteiger partial charge in [0.2, 0.25) is 0 Å². The lowest BCUT2D eigenvalue weighted by Gasteiger charge is -2.32. The number of rotatable bonds is 2. The maximum absolute atomic E-state index is 4.38. The lowest BCUT2D eigenvalue weighted by Crippen LogP contribution is -2.38. The Bertz CT molecular complexity index is 265. The SMILES string of the molecule is CN(c1ccccc1)C1CC[N]CC1. The van der Waals surface area contributed by atoms with Crippen molar-refractivity contribution in [2.75, 3.05) is 25.0 Å². The molecule has 0 saturated carbocycles. The Morgan fingerprint density at radius 3 is 2.43 bits per heavy atom. The Morgan fingerprint density at radius 2 is 1.79 bits per heavy atom. The number of benzene rings is 1. The fourth-order valence-electron chi connectivity index (χ4n) is 2.00. The third-order valence-electron chi connectivity index (χ3n) is 2.95. The highest BCUT2D eigenvalue weighted by Crippen LogP contribution is 2.19. The van der Waals surface area contributed by atoms with E-state index in [0.717, 1.165) is 13.1 Å². The van der Waals surface area contributed by atoms with Gasteiger partial charge in [0.15, 0.2) is 0 Å². The molecule has 1 aromatic carbocycles. The number of hydrogen-bond acceptors (Lipinski definition) is 1. The Morgan fingerprint density at radius 1 is 1.14 bits per heavy atom. The molecule has 0 amide bonds. The van der Waals surface area contributed by atoms with Crippen LogP contribution in [0.4, 0.5) is 5.69 Å². The summed E-state index contributed by atoms with van der Waals surface area (Å²) in [7, 11) is 2.19. The molecule has 1 heterocycles. The summed E-state index contributed by atoms with van der Waals surface area (Å²) in [6, 6.07) is 11.3. The van der Waals surface area contributed by atoms with Crippen molar-refractivity contribution in [1.82, 2.24) is 5.32 Å². The van der Waals surface area contributed by atoms with Gasteiger partial charge in [-0.15, -0.1) is 0 Å². The van der Waals surface area contributed by atoms with Crippen molar-refractivity contribution in [3.8, 4) is 0 Å². The molecule has 1 aromatic rings. The van der Waals surface area contributed by atoms with E-state index in [1.54, 1.807) is 0 Å². The molecule has 2 nitrogen and oxygen atoms in total. The van der Waals surface area contributed by atoms with Crippen molar-refractivity contribution in [2.24, 2.45) is 0 Å². The van der Waals surface area contributed by atoms with Gasteiger partial charge in [0.1, 0.15) is 0 Å². The van der Waals surface area contributed by atoms with E-state index >= 15 is 0 Å². The summed E-state index contributed by atoms with van der Waals surface area (Å²) in [5.74, 6) is 0. The van der Waals surface area contributed by atoms with E-state index in [0.29, 0.717) is 6.04 Å². The fraction of sp³-hybridized carbons (Fsp3) is 0.500. The van der Waals surface area contributed by atoms with Gasteiger partial charge in [-0.05, 0) is 25.0 Å². The van der Waals surface area contributed by atoms with Crippen LogP contribution in [-0.2, 0) is 0 Å². The van der Waals surface area contributed by atoms with Gasteiger partial charge in [0, 0.05) is 31.9 Å². The van der Waals surface area contributed by atoms with Crippen LogP contribution in [-0.4, -0.2) is 26.2 Å². The molecule has 0 atom stereocenters. The predicted molar refractivity (Wildman–Crippen MR) is 59.7 cm³/mol. The second-order valence-corrected chi connectivity index (χ2v) is 3.85. The lowest BCUT2D eigenvalue weighted by atomic mass is 10.0. The Hall–Kier alpha value is -1.02. The maximum Gasteiger partial charge on any atom is 0.0366 e. The highest BCUT2D eigenvalue weighted by Gasteiger charge is 2.17. The minimum Gasteiger partial charge on any atom is -0.372 e. The van der Waals surface area contributed by atoms with Gasteiger partial charge in [0.05, 0.1) is 0 Å². The maximum atomic E-state index is 4.38. The van der Waals surface area contributed by atoms with Crippen molar-refractivity contribution in [3.05, 3.63) is 30.3 Å². The number of piperidine rings is 1. The Labute approximate surface area is 85.9 Å². The Kier molecular flexibility index (Phi) is 3.04. The molecule has 2 rings (SSSR count). The molecule has 0 unspecified atom stereocenters. The molecule has 1 saturated heterocycles. The van der Waals surface area contributed by atoms with E-state index in [1.807, 2.05) is 0 Å². The fourth-order valence-corrected chi connectivity index (χ4v) is 2.00. The zero-order chi connectivity index (χ0) is 9.80. The third-order valence-corrected chi connectivity index (χ3v) is 2.95. The quantitative estimate of drug-likeness (QED) is 0.694. The topological polar surface area (TPSA) is 17.3 Å². The van der Waals surface area contributed by atoms with E-state index in [9.17, 15) is 0 Å².